The lowest BCUT2D eigenvalue weighted by Gasteiger charge is -2.17. The molecule has 0 unspecified atom stereocenters. The molecular formula is C38H32FN7O6. The van der Waals surface area contributed by atoms with Gasteiger partial charge in [-0.15, -0.1) is 0 Å². The Bertz CT molecular complexity index is 2520. The summed E-state index contributed by atoms with van der Waals surface area (Å²) in [7, 11) is 1.88. The Balaban J connectivity index is 1.20. The highest BCUT2D eigenvalue weighted by Gasteiger charge is 2.20. The lowest BCUT2D eigenvalue weighted by Crippen LogP contribution is -2.40. The number of aryl methyl sites for hydroxylation is 1. The smallest absolute Gasteiger partial charge is 0.417 e. The summed E-state index contributed by atoms with van der Waals surface area (Å²) >= 11 is 0. The minimum atomic E-state index is -0.997. The lowest BCUT2D eigenvalue weighted by atomic mass is 10.2. The van der Waals surface area contributed by atoms with Gasteiger partial charge in [0.05, 0.1) is 30.1 Å². The van der Waals surface area contributed by atoms with Gasteiger partial charge in [-0.25, -0.2) is 28.0 Å². The molecule has 0 spiro atoms. The molecule has 0 saturated heterocycles. The Labute approximate surface area is 295 Å². The second kappa shape index (κ2) is 14.1. The van der Waals surface area contributed by atoms with Gasteiger partial charge in [-0.1, -0.05) is 30.3 Å². The molecule has 14 heteroatoms. The summed E-state index contributed by atoms with van der Waals surface area (Å²) in [4.78, 5) is 44.3. The zero-order chi connectivity index (χ0) is 36.4. The molecule has 0 atom stereocenters. The molecule has 7 aromatic rings. The van der Waals surface area contributed by atoms with Crippen molar-refractivity contribution < 1.29 is 23.4 Å². The summed E-state index contributed by atoms with van der Waals surface area (Å²) in [5.41, 5.74) is 1.94. The van der Waals surface area contributed by atoms with Crippen molar-refractivity contribution in [2.45, 2.75) is 26.5 Å². The van der Waals surface area contributed by atoms with E-state index in [0.29, 0.717) is 22.8 Å². The number of amides is 1. The zero-order valence-corrected chi connectivity index (χ0v) is 28.3. The fourth-order valence-electron chi connectivity index (χ4n) is 5.47. The average Bonchev–Trinajstić information content (AvgIpc) is 3.80. The Morgan fingerprint density at radius 2 is 1.67 bits per heavy atom. The van der Waals surface area contributed by atoms with Crippen LogP contribution >= 0.6 is 0 Å². The predicted octanol–water partition coefficient (Wildman–Crippen LogP) is 6.75. The highest BCUT2D eigenvalue weighted by atomic mass is 19.1. The third-order valence-corrected chi connectivity index (χ3v) is 8.04. The number of anilines is 1. The summed E-state index contributed by atoms with van der Waals surface area (Å²) in [6, 6.07) is 22.5. The average molecular weight is 702 g/mol. The standard InChI is InChI=1S/C38H32FN7O6/c1-24(2)44-21-35(36(47)46(38(44)49)29-12-9-27(39)10-13-29)52-37(48)42-28-11-14-32(34(18-28)50-22-25-7-5-4-6-8-25)51-33-17-26(30-20-43(3)23-40-30)19-45-31(33)15-16-41-45/h4-21,23-24H,22H2,1-3H3,(H,42,48). The number of benzene rings is 3. The van der Waals surface area contributed by atoms with Crippen LogP contribution in [0.1, 0.15) is 25.5 Å². The van der Waals surface area contributed by atoms with Gasteiger partial charge in [-0.05, 0) is 67.9 Å². The molecule has 52 heavy (non-hydrogen) atoms. The first-order chi connectivity index (χ1) is 25.1. The van der Waals surface area contributed by atoms with E-state index in [0.717, 1.165) is 33.5 Å². The molecule has 4 heterocycles. The van der Waals surface area contributed by atoms with Crippen molar-refractivity contribution in [3.8, 4) is 39.9 Å². The van der Waals surface area contributed by atoms with Crippen molar-refractivity contribution in [1.82, 2.24) is 28.3 Å². The fraction of sp³-hybridized carbons (Fsp3) is 0.132. The number of carbonyl (C=O) groups is 1. The number of rotatable bonds is 10. The highest BCUT2D eigenvalue weighted by Crippen LogP contribution is 2.38. The number of imidazole rings is 1. The number of hydrogen-bond donors (Lipinski definition) is 1. The monoisotopic (exact) mass is 701 g/mol. The number of aromatic nitrogens is 6. The van der Waals surface area contributed by atoms with Crippen molar-refractivity contribution >= 4 is 17.3 Å². The Morgan fingerprint density at radius 3 is 2.40 bits per heavy atom. The van der Waals surface area contributed by atoms with Gasteiger partial charge in [0.2, 0.25) is 5.75 Å². The first-order valence-corrected chi connectivity index (χ1v) is 16.2. The summed E-state index contributed by atoms with van der Waals surface area (Å²) in [5.74, 6) is 0.192. The minimum Gasteiger partial charge on any atom is -0.485 e. The van der Waals surface area contributed by atoms with Crippen LogP contribution in [0.3, 0.4) is 0 Å². The van der Waals surface area contributed by atoms with Crippen LogP contribution in [0.15, 0.2) is 126 Å². The summed E-state index contributed by atoms with van der Waals surface area (Å²) < 4.78 is 37.4. The lowest BCUT2D eigenvalue weighted by molar-refractivity contribution is 0.213. The number of carbonyl (C=O) groups excluding carboxylic acids is 1. The molecule has 1 amide bonds. The Kier molecular flexibility index (Phi) is 9.10. The summed E-state index contributed by atoms with van der Waals surface area (Å²) in [6.45, 7) is 3.66. The summed E-state index contributed by atoms with van der Waals surface area (Å²) in [6.07, 6.45) is 7.30. The molecule has 0 aliphatic rings. The normalized spacial score (nSPS) is 11.2. The van der Waals surface area contributed by atoms with E-state index in [9.17, 15) is 18.8 Å². The molecule has 0 aliphatic carbocycles. The Hall–Kier alpha value is -6.96. The van der Waals surface area contributed by atoms with Crippen LogP contribution < -0.4 is 30.8 Å². The number of hydrogen-bond acceptors (Lipinski definition) is 8. The van der Waals surface area contributed by atoms with Crippen LogP contribution in [-0.4, -0.2) is 34.4 Å². The maximum absolute atomic E-state index is 13.6. The van der Waals surface area contributed by atoms with Crippen molar-refractivity contribution in [1.29, 1.82) is 0 Å². The molecule has 0 radical (unpaired) electrons. The number of nitrogens with zero attached hydrogens (tertiary/aromatic N) is 6. The van der Waals surface area contributed by atoms with E-state index in [1.807, 2.05) is 66.5 Å². The van der Waals surface area contributed by atoms with Crippen molar-refractivity contribution in [3.63, 3.8) is 0 Å². The molecule has 13 nitrogen and oxygen atoms in total. The SMILES string of the molecule is CC(C)n1cc(OC(=O)Nc2ccc(Oc3cc(-c4cn(C)cn4)cn4nccc34)c(OCc3ccccc3)c2)c(=O)n(-c2ccc(F)cc2)c1=O. The van der Waals surface area contributed by atoms with Gasteiger partial charge in [0.15, 0.2) is 17.2 Å². The van der Waals surface area contributed by atoms with Crippen LogP contribution in [0, 0.1) is 5.82 Å². The van der Waals surface area contributed by atoms with Gasteiger partial charge in [0.25, 0.3) is 0 Å². The topological polar surface area (TPSA) is 136 Å². The molecule has 7 rings (SSSR count). The van der Waals surface area contributed by atoms with Gasteiger partial charge in [0, 0.05) is 42.8 Å². The number of halogens is 1. The maximum atomic E-state index is 13.6. The zero-order valence-electron chi connectivity index (χ0n) is 28.3. The van der Waals surface area contributed by atoms with Crippen molar-refractivity contribution in [3.05, 3.63) is 148 Å². The number of nitrogens with one attached hydrogen (secondary N) is 1. The van der Waals surface area contributed by atoms with E-state index in [1.54, 1.807) is 49.1 Å². The second-order valence-electron chi connectivity index (χ2n) is 12.1. The number of fused-ring (bicyclic) bond motifs is 1. The molecule has 0 aliphatic heterocycles. The first-order valence-electron chi connectivity index (χ1n) is 16.2. The first kappa shape index (κ1) is 33.5. The quantitative estimate of drug-likeness (QED) is 0.166. The van der Waals surface area contributed by atoms with Gasteiger partial charge in [-0.3, -0.25) is 14.7 Å². The van der Waals surface area contributed by atoms with Crippen molar-refractivity contribution in [2.24, 2.45) is 7.05 Å². The minimum absolute atomic E-state index is 0.117. The van der Waals surface area contributed by atoms with E-state index in [1.165, 1.54) is 22.9 Å². The molecule has 1 N–H and O–H groups in total. The van der Waals surface area contributed by atoms with Crippen molar-refractivity contribution in [2.75, 3.05) is 5.32 Å². The Morgan fingerprint density at radius 1 is 0.885 bits per heavy atom. The van der Waals surface area contributed by atoms with Gasteiger partial charge in [0.1, 0.15) is 17.9 Å². The van der Waals surface area contributed by atoms with E-state index in [-0.39, 0.29) is 18.0 Å². The van der Waals surface area contributed by atoms with Gasteiger partial charge < -0.3 is 18.8 Å². The highest BCUT2D eigenvalue weighted by molar-refractivity contribution is 5.86. The third-order valence-electron chi connectivity index (χ3n) is 8.04. The molecule has 4 aromatic heterocycles. The number of pyridine rings is 1. The van der Waals surface area contributed by atoms with Crippen LogP contribution in [0.5, 0.6) is 23.0 Å². The molecule has 0 bridgehead atoms. The van der Waals surface area contributed by atoms with Crippen LogP contribution in [0.2, 0.25) is 0 Å². The van der Waals surface area contributed by atoms with E-state index < -0.39 is 35.0 Å². The van der Waals surface area contributed by atoms with E-state index in [4.69, 9.17) is 14.2 Å². The summed E-state index contributed by atoms with van der Waals surface area (Å²) in [5, 5.41) is 7.03. The van der Waals surface area contributed by atoms with Gasteiger partial charge >= 0.3 is 17.3 Å². The van der Waals surface area contributed by atoms with E-state index in [2.05, 4.69) is 15.4 Å². The van der Waals surface area contributed by atoms with Crippen LogP contribution in [0.25, 0.3) is 22.5 Å². The van der Waals surface area contributed by atoms with Crippen LogP contribution in [0.4, 0.5) is 14.9 Å². The molecule has 3 aromatic carbocycles. The number of ether oxygens (including phenoxy) is 3. The maximum Gasteiger partial charge on any atom is 0.417 e. The molecule has 0 saturated carbocycles. The van der Waals surface area contributed by atoms with E-state index >= 15 is 0 Å². The van der Waals surface area contributed by atoms with Crippen LogP contribution in [-0.2, 0) is 13.7 Å². The third kappa shape index (κ3) is 7.03. The largest absolute Gasteiger partial charge is 0.485 e. The molecular weight excluding hydrogens is 669 g/mol. The van der Waals surface area contributed by atoms with Gasteiger partial charge in [-0.2, -0.15) is 5.10 Å². The second-order valence-corrected chi connectivity index (χ2v) is 12.1. The molecule has 262 valence electrons. The molecule has 0 fully saturated rings. The predicted molar refractivity (Wildman–Crippen MR) is 191 cm³/mol. The fourth-order valence-corrected chi connectivity index (χ4v) is 5.47.